The summed E-state index contributed by atoms with van der Waals surface area (Å²) in [5, 5.41) is 3.11. The van der Waals surface area contributed by atoms with Crippen LogP contribution in [0.3, 0.4) is 0 Å². The lowest BCUT2D eigenvalue weighted by Gasteiger charge is -2.31. The maximum absolute atomic E-state index is 12.8. The number of amides is 1. The van der Waals surface area contributed by atoms with Crippen molar-refractivity contribution in [3.63, 3.8) is 0 Å². The predicted molar refractivity (Wildman–Crippen MR) is 112 cm³/mol. The number of hydrogen-bond acceptors (Lipinski definition) is 4. The summed E-state index contributed by atoms with van der Waals surface area (Å²) in [5.41, 5.74) is 5.48. The molecule has 0 saturated heterocycles. The van der Waals surface area contributed by atoms with E-state index in [-0.39, 0.29) is 5.91 Å². The summed E-state index contributed by atoms with van der Waals surface area (Å²) in [5.74, 6) is -0.0712. The monoisotopic (exact) mass is 379 g/mol. The van der Waals surface area contributed by atoms with Crippen molar-refractivity contribution in [2.75, 3.05) is 12.4 Å². The van der Waals surface area contributed by atoms with Gasteiger partial charge in [0.15, 0.2) is 0 Å². The SMILES string of the molecule is CN(Cc1ccccc1NC(=O)c1ccc2ncsc2c1)C1CCCCC1. The van der Waals surface area contributed by atoms with E-state index in [4.69, 9.17) is 0 Å². The summed E-state index contributed by atoms with van der Waals surface area (Å²) in [6, 6.07) is 14.4. The van der Waals surface area contributed by atoms with E-state index in [1.165, 1.54) is 32.1 Å². The molecule has 0 atom stereocenters. The molecule has 1 heterocycles. The fourth-order valence-electron chi connectivity index (χ4n) is 3.89. The maximum Gasteiger partial charge on any atom is 0.255 e. The second kappa shape index (κ2) is 8.19. The number of fused-ring (bicyclic) bond motifs is 1. The molecule has 27 heavy (non-hydrogen) atoms. The van der Waals surface area contributed by atoms with Crippen molar-refractivity contribution in [2.24, 2.45) is 0 Å². The van der Waals surface area contributed by atoms with Gasteiger partial charge in [-0.25, -0.2) is 4.98 Å². The van der Waals surface area contributed by atoms with E-state index in [1.54, 1.807) is 11.3 Å². The number of carbonyl (C=O) groups is 1. The molecule has 0 aliphatic heterocycles. The first kappa shape index (κ1) is 18.1. The van der Waals surface area contributed by atoms with Gasteiger partial charge in [-0.1, -0.05) is 37.5 Å². The minimum Gasteiger partial charge on any atom is -0.322 e. The highest BCUT2D eigenvalue weighted by atomic mass is 32.1. The maximum atomic E-state index is 12.8. The normalized spacial score (nSPS) is 15.3. The third kappa shape index (κ3) is 4.20. The van der Waals surface area contributed by atoms with Gasteiger partial charge in [0.25, 0.3) is 5.91 Å². The number of benzene rings is 2. The zero-order valence-electron chi connectivity index (χ0n) is 15.6. The van der Waals surface area contributed by atoms with Crippen LogP contribution in [0.5, 0.6) is 0 Å². The van der Waals surface area contributed by atoms with Crippen molar-refractivity contribution < 1.29 is 4.79 Å². The van der Waals surface area contributed by atoms with Gasteiger partial charge in [-0.15, -0.1) is 11.3 Å². The summed E-state index contributed by atoms with van der Waals surface area (Å²) in [7, 11) is 2.20. The molecule has 4 rings (SSSR count). The van der Waals surface area contributed by atoms with Crippen LogP contribution in [0.25, 0.3) is 10.2 Å². The first-order valence-corrected chi connectivity index (χ1v) is 10.5. The Morgan fingerprint density at radius 3 is 2.85 bits per heavy atom. The quantitative estimate of drug-likeness (QED) is 0.653. The molecule has 0 bridgehead atoms. The van der Waals surface area contributed by atoms with Crippen molar-refractivity contribution >= 4 is 33.1 Å². The van der Waals surface area contributed by atoms with Crippen molar-refractivity contribution in [3.05, 3.63) is 59.1 Å². The number of nitrogens with one attached hydrogen (secondary N) is 1. The number of hydrogen-bond donors (Lipinski definition) is 1. The Kier molecular flexibility index (Phi) is 5.50. The van der Waals surface area contributed by atoms with Gasteiger partial charge in [0.05, 0.1) is 15.7 Å². The topological polar surface area (TPSA) is 45.2 Å². The Balaban J connectivity index is 1.49. The fourth-order valence-corrected chi connectivity index (χ4v) is 4.61. The van der Waals surface area contributed by atoms with E-state index in [0.717, 1.165) is 28.0 Å². The van der Waals surface area contributed by atoms with Gasteiger partial charge in [-0.05, 0) is 49.7 Å². The number of para-hydroxylation sites is 1. The molecule has 140 valence electrons. The lowest BCUT2D eigenvalue weighted by Crippen LogP contribution is -2.33. The van der Waals surface area contributed by atoms with Crippen LogP contribution >= 0.6 is 11.3 Å². The Morgan fingerprint density at radius 2 is 2.00 bits per heavy atom. The number of nitrogens with zero attached hydrogens (tertiary/aromatic N) is 2. The second-order valence-corrected chi connectivity index (χ2v) is 8.24. The molecule has 2 aromatic carbocycles. The van der Waals surface area contributed by atoms with Crippen LogP contribution < -0.4 is 5.32 Å². The summed E-state index contributed by atoms with van der Waals surface area (Å²) in [6.45, 7) is 0.856. The highest BCUT2D eigenvalue weighted by molar-refractivity contribution is 7.16. The van der Waals surface area contributed by atoms with Gasteiger partial charge >= 0.3 is 0 Å². The summed E-state index contributed by atoms with van der Waals surface area (Å²) in [6.07, 6.45) is 6.57. The van der Waals surface area contributed by atoms with Crippen molar-refractivity contribution in [3.8, 4) is 0 Å². The molecule has 0 spiro atoms. The zero-order valence-corrected chi connectivity index (χ0v) is 16.5. The Bertz CT molecular complexity index is 930. The lowest BCUT2D eigenvalue weighted by atomic mass is 9.94. The van der Waals surface area contributed by atoms with Gasteiger partial charge < -0.3 is 5.32 Å². The van der Waals surface area contributed by atoms with Crippen LogP contribution in [0, 0.1) is 0 Å². The minimum absolute atomic E-state index is 0.0712. The molecular formula is C22H25N3OS. The lowest BCUT2D eigenvalue weighted by molar-refractivity contribution is 0.102. The van der Waals surface area contributed by atoms with Gasteiger partial charge in [0.1, 0.15) is 0 Å². The smallest absolute Gasteiger partial charge is 0.255 e. The second-order valence-electron chi connectivity index (χ2n) is 7.35. The highest BCUT2D eigenvalue weighted by Crippen LogP contribution is 2.25. The number of carbonyl (C=O) groups excluding carboxylic acids is 1. The molecule has 0 radical (unpaired) electrons. The average Bonchev–Trinajstić information content (AvgIpc) is 3.18. The van der Waals surface area contributed by atoms with Gasteiger partial charge in [0, 0.05) is 23.8 Å². The molecule has 1 fully saturated rings. The van der Waals surface area contributed by atoms with Crippen LogP contribution in [-0.2, 0) is 6.54 Å². The first-order chi connectivity index (χ1) is 13.2. The molecule has 1 N–H and O–H groups in total. The zero-order chi connectivity index (χ0) is 18.6. The summed E-state index contributed by atoms with van der Waals surface area (Å²) in [4.78, 5) is 19.5. The van der Waals surface area contributed by atoms with Crippen LogP contribution in [0.1, 0.15) is 48.0 Å². The number of aromatic nitrogens is 1. The van der Waals surface area contributed by atoms with E-state index in [0.29, 0.717) is 11.6 Å². The molecule has 3 aromatic rings. The molecule has 0 unspecified atom stereocenters. The number of rotatable bonds is 5. The Labute approximate surface area is 164 Å². The summed E-state index contributed by atoms with van der Waals surface area (Å²) < 4.78 is 1.04. The average molecular weight is 380 g/mol. The molecule has 1 saturated carbocycles. The molecule has 1 aliphatic rings. The molecule has 1 aliphatic carbocycles. The van der Waals surface area contributed by atoms with Gasteiger partial charge in [-0.2, -0.15) is 0 Å². The van der Waals surface area contributed by atoms with E-state index >= 15 is 0 Å². The molecule has 4 nitrogen and oxygen atoms in total. The predicted octanol–water partition coefficient (Wildman–Crippen LogP) is 5.31. The van der Waals surface area contributed by atoms with Crippen molar-refractivity contribution in [2.45, 2.75) is 44.7 Å². The van der Waals surface area contributed by atoms with Crippen molar-refractivity contribution in [1.82, 2.24) is 9.88 Å². The number of thiazole rings is 1. The van der Waals surface area contributed by atoms with Crippen LogP contribution in [0.2, 0.25) is 0 Å². The van der Waals surface area contributed by atoms with Crippen molar-refractivity contribution in [1.29, 1.82) is 0 Å². The molecule has 1 aromatic heterocycles. The third-order valence-electron chi connectivity index (χ3n) is 5.48. The van der Waals surface area contributed by atoms with E-state index < -0.39 is 0 Å². The first-order valence-electron chi connectivity index (χ1n) is 9.63. The standard InChI is InChI=1S/C22H25N3OS/c1-25(18-8-3-2-4-9-18)14-17-7-5-6-10-19(17)24-22(26)16-11-12-20-21(13-16)27-15-23-20/h5-7,10-13,15,18H,2-4,8-9,14H2,1H3,(H,24,26). The van der Waals surface area contributed by atoms with E-state index in [2.05, 4.69) is 28.3 Å². The Hall–Kier alpha value is -2.24. The van der Waals surface area contributed by atoms with Crippen LogP contribution in [0.4, 0.5) is 5.69 Å². The third-order valence-corrected chi connectivity index (χ3v) is 6.27. The van der Waals surface area contributed by atoms with Gasteiger partial charge in [-0.3, -0.25) is 9.69 Å². The number of anilines is 1. The fraction of sp³-hybridized carbons (Fsp3) is 0.364. The molecular weight excluding hydrogens is 354 g/mol. The van der Waals surface area contributed by atoms with E-state index in [1.807, 2.05) is 41.9 Å². The van der Waals surface area contributed by atoms with E-state index in [9.17, 15) is 4.79 Å². The van der Waals surface area contributed by atoms with Crippen LogP contribution in [-0.4, -0.2) is 28.9 Å². The summed E-state index contributed by atoms with van der Waals surface area (Å²) >= 11 is 1.55. The Morgan fingerprint density at radius 1 is 1.19 bits per heavy atom. The minimum atomic E-state index is -0.0712. The molecule has 5 heteroatoms. The highest BCUT2D eigenvalue weighted by Gasteiger charge is 2.19. The van der Waals surface area contributed by atoms with Gasteiger partial charge in [0.2, 0.25) is 0 Å². The van der Waals surface area contributed by atoms with Crippen LogP contribution in [0.15, 0.2) is 48.0 Å². The largest absolute Gasteiger partial charge is 0.322 e. The molecule has 1 amide bonds.